The first-order chi connectivity index (χ1) is 15.9. The van der Waals surface area contributed by atoms with Crippen LogP contribution in [0.25, 0.3) is 0 Å². The van der Waals surface area contributed by atoms with E-state index >= 15 is 0 Å². The first kappa shape index (κ1) is 22.7. The van der Waals surface area contributed by atoms with E-state index in [1.807, 2.05) is 85.8 Å². The van der Waals surface area contributed by atoms with Crippen molar-refractivity contribution in [1.82, 2.24) is 4.90 Å². The molecule has 1 aliphatic rings. The highest BCUT2D eigenvalue weighted by Gasteiger charge is 2.46. The first-order valence-corrected chi connectivity index (χ1v) is 11.4. The van der Waals surface area contributed by atoms with Crippen molar-refractivity contribution in [3.05, 3.63) is 107 Å². The van der Waals surface area contributed by atoms with Crippen LogP contribution < -0.4 is 0 Å². The topological polar surface area (TPSA) is 54.5 Å². The Hall–Kier alpha value is -3.53. The number of rotatable bonds is 5. The maximum Gasteiger partial charge on any atom is 0.219 e. The fraction of sp³-hybridized carbons (Fsp3) is 0.276. The minimum absolute atomic E-state index is 0.0293. The molecular weight excluding hydrogens is 410 g/mol. The Labute approximate surface area is 195 Å². The summed E-state index contributed by atoms with van der Waals surface area (Å²) in [4.78, 5) is 41.7. The quantitative estimate of drug-likeness (QED) is 0.511. The molecule has 2 unspecified atom stereocenters. The van der Waals surface area contributed by atoms with E-state index in [0.29, 0.717) is 24.2 Å². The zero-order valence-corrected chi connectivity index (χ0v) is 19.3. The third-order valence-corrected chi connectivity index (χ3v) is 6.94. The van der Waals surface area contributed by atoms with Gasteiger partial charge in [-0.25, -0.2) is 0 Å². The van der Waals surface area contributed by atoms with Gasteiger partial charge in [-0.05, 0) is 30.5 Å². The van der Waals surface area contributed by atoms with Gasteiger partial charge in [-0.1, -0.05) is 78.9 Å². The lowest BCUT2D eigenvalue weighted by Gasteiger charge is -2.43. The molecule has 0 radical (unpaired) electrons. The maximum atomic E-state index is 13.8. The molecule has 0 saturated carbocycles. The van der Waals surface area contributed by atoms with Crippen molar-refractivity contribution in [3.8, 4) is 0 Å². The van der Waals surface area contributed by atoms with Gasteiger partial charge in [0, 0.05) is 48.9 Å². The number of benzene rings is 3. The molecule has 1 fully saturated rings. The summed E-state index contributed by atoms with van der Waals surface area (Å²) in [5.41, 5.74) is 4.44. The van der Waals surface area contributed by atoms with Crippen LogP contribution in [0.3, 0.4) is 0 Å². The van der Waals surface area contributed by atoms with E-state index in [-0.39, 0.29) is 23.4 Å². The van der Waals surface area contributed by atoms with Crippen molar-refractivity contribution >= 4 is 17.5 Å². The van der Waals surface area contributed by atoms with Crippen LogP contribution in [0.2, 0.25) is 0 Å². The number of Topliss-reactive ketones (excluding diaryl/α,β-unsaturated/α-hetero) is 2. The Morgan fingerprint density at radius 1 is 0.697 bits per heavy atom. The fourth-order valence-corrected chi connectivity index (χ4v) is 5.01. The van der Waals surface area contributed by atoms with Gasteiger partial charge in [0.05, 0.1) is 0 Å². The summed E-state index contributed by atoms with van der Waals surface area (Å²) >= 11 is 0. The Morgan fingerprint density at radius 3 is 1.64 bits per heavy atom. The molecule has 168 valence electrons. The summed E-state index contributed by atoms with van der Waals surface area (Å²) < 4.78 is 0. The van der Waals surface area contributed by atoms with E-state index in [4.69, 9.17) is 0 Å². The number of hydrogen-bond acceptors (Lipinski definition) is 3. The van der Waals surface area contributed by atoms with Gasteiger partial charge >= 0.3 is 0 Å². The highest BCUT2D eigenvalue weighted by atomic mass is 16.2. The van der Waals surface area contributed by atoms with Gasteiger partial charge in [-0.15, -0.1) is 0 Å². The summed E-state index contributed by atoms with van der Waals surface area (Å²) in [6.07, 6.45) is 0. The molecule has 1 heterocycles. The molecule has 0 bridgehead atoms. The van der Waals surface area contributed by atoms with Crippen LogP contribution in [-0.2, 0) is 4.79 Å². The van der Waals surface area contributed by atoms with E-state index in [1.165, 1.54) is 6.92 Å². The molecule has 0 spiro atoms. The highest BCUT2D eigenvalue weighted by molar-refractivity contribution is 6.02. The standard InChI is InChI=1S/C29H29NO3/c1-19-11-10-16-24(20(19)2)27-25(28(32)22-12-6-4-7-13-22)17-30(21(3)31)18-26(27)29(33)23-14-8-5-9-15-23/h4-16,25-27H,17-18H2,1-3H3. The monoisotopic (exact) mass is 439 g/mol. The molecule has 3 aromatic carbocycles. The van der Waals surface area contributed by atoms with Crippen LogP contribution in [-0.4, -0.2) is 35.5 Å². The van der Waals surface area contributed by atoms with Crippen molar-refractivity contribution in [2.45, 2.75) is 26.7 Å². The van der Waals surface area contributed by atoms with E-state index in [9.17, 15) is 14.4 Å². The predicted molar refractivity (Wildman–Crippen MR) is 129 cm³/mol. The van der Waals surface area contributed by atoms with Gasteiger partial charge in [-0.2, -0.15) is 0 Å². The van der Waals surface area contributed by atoms with Crippen molar-refractivity contribution in [2.24, 2.45) is 11.8 Å². The highest BCUT2D eigenvalue weighted by Crippen LogP contribution is 2.42. The SMILES string of the molecule is CC(=O)N1CC(C(=O)c2ccccc2)C(c2cccc(C)c2C)C(C(=O)c2ccccc2)C1. The third-order valence-electron chi connectivity index (χ3n) is 6.94. The minimum atomic E-state index is -0.511. The van der Waals surface area contributed by atoms with Crippen molar-refractivity contribution in [2.75, 3.05) is 13.1 Å². The Balaban J connectivity index is 1.87. The average Bonchev–Trinajstić information content (AvgIpc) is 2.85. The number of amides is 1. The number of ketones is 2. The van der Waals surface area contributed by atoms with Crippen molar-refractivity contribution in [1.29, 1.82) is 0 Å². The van der Waals surface area contributed by atoms with Crippen LogP contribution in [0, 0.1) is 25.7 Å². The molecule has 4 rings (SSSR count). The second kappa shape index (κ2) is 9.53. The molecule has 1 saturated heterocycles. The minimum Gasteiger partial charge on any atom is -0.341 e. The van der Waals surface area contributed by atoms with Gasteiger partial charge in [-0.3, -0.25) is 14.4 Å². The van der Waals surface area contributed by atoms with Crippen LogP contribution in [0.5, 0.6) is 0 Å². The molecule has 1 aliphatic heterocycles. The van der Waals surface area contributed by atoms with Gasteiger partial charge < -0.3 is 4.90 Å². The normalized spacial score (nSPS) is 20.3. The Morgan fingerprint density at radius 2 is 1.18 bits per heavy atom. The van der Waals surface area contributed by atoms with E-state index in [1.54, 1.807) is 4.90 Å². The molecule has 1 amide bonds. The lowest BCUT2D eigenvalue weighted by atomic mass is 9.67. The summed E-state index contributed by atoms with van der Waals surface area (Å²) in [5.74, 6) is -1.52. The molecule has 0 aromatic heterocycles. The summed E-state index contributed by atoms with van der Waals surface area (Å²) in [5, 5.41) is 0. The molecule has 0 aliphatic carbocycles. The second-order valence-electron chi connectivity index (χ2n) is 8.91. The number of carbonyl (C=O) groups excluding carboxylic acids is 3. The smallest absolute Gasteiger partial charge is 0.219 e. The Kier molecular flexibility index (Phi) is 6.55. The molecule has 4 heteroatoms. The molecule has 3 aromatic rings. The van der Waals surface area contributed by atoms with Crippen LogP contribution >= 0.6 is 0 Å². The largest absolute Gasteiger partial charge is 0.341 e. The van der Waals surface area contributed by atoms with Crippen LogP contribution in [0.15, 0.2) is 78.9 Å². The first-order valence-electron chi connectivity index (χ1n) is 11.4. The maximum absolute atomic E-state index is 13.8. The van der Waals surface area contributed by atoms with E-state index in [0.717, 1.165) is 16.7 Å². The van der Waals surface area contributed by atoms with Gasteiger partial charge in [0.15, 0.2) is 11.6 Å². The number of likely N-dealkylation sites (tertiary alicyclic amines) is 1. The number of aryl methyl sites for hydroxylation is 1. The summed E-state index contributed by atoms with van der Waals surface area (Å²) in [7, 11) is 0. The lowest BCUT2D eigenvalue weighted by molar-refractivity contribution is -0.131. The van der Waals surface area contributed by atoms with Gasteiger partial charge in [0.25, 0.3) is 0 Å². The summed E-state index contributed by atoms with van der Waals surface area (Å²) in [6.45, 7) is 6.22. The van der Waals surface area contributed by atoms with Crippen molar-refractivity contribution in [3.63, 3.8) is 0 Å². The third kappa shape index (κ3) is 4.51. The van der Waals surface area contributed by atoms with E-state index < -0.39 is 11.8 Å². The molecule has 33 heavy (non-hydrogen) atoms. The molecule has 4 nitrogen and oxygen atoms in total. The van der Waals surface area contributed by atoms with E-state index in [2.05, 4.69) is 6.92 Å². The predicted octanol–water partition coefficient (Wildman–Crippen LogP) is 5.25. The van der Waals surface area contributed by atoms with Crippen LogP contribution in [0.1, 0.15) is 50.2 Å². The molecule has 0 N–H and O–H groups in total. The lowest BCUT2D eigenvalue weighted by Crippen LogP contribution is -2.52. The van der Waals surface area contributed by atoms with Crippen LogP contribution in [0.4, 0.5) is 0 Å². The zero-order valence-electron chi connectivity index (χ0n) is 19.3. The average molecular weight is 440 g/mol. The second-order valence-corrected chi connectivity index (χ2v) is 8.91. The zero-order chi connectivity index (χ0) is 23.5. The molecular formula is C29H29NO3. The van der Waals surface area contributed by atoms with Gasteiger partial charge in [0.2, 0.25) is 5.91 Å². The number of piperidine rings is 1. The number of hydrogen-bond donors (Lipinski definition) is 0. The van der Waals surface area contributed by atoms with Crippen molar-refractivity contribution < 1.29 is 14.4 Å². The fourth-order valence-electron chi connectivity index (χ4n) is 5.01. The van der Waals surface area contributed by atoms with Gasteiger partial charge in [0.1, 0.15) is 0 Å². The Bertz CT molecular complexity index is 1110. The number of carbonyl (C=O) groups is 3. The summed E-state index contributed by atoms with van der Waals surface area (Å²) in [6, 6.07) is 24.4. The molecule has 2 atom stereocenters. The number of nitrogens with zero attached hydrogens (tertiary/aromatic N) is 1.